The summed E-state index contributed by atoms with van der Waals surface area (Å²) in [6.45, 7) is 0. The van der Waals surface area contributed by atoms with E-state index in [4.69, 9.17) is 4.98 Å². The van der Waals surface area contributed by atoms with E-state index in [2.05, 4.69) is 176 Å². The molecule has 0 fully saturated rings. The van der Waals surface area contributed by atoms with Crippen molar-refractivity contribution < 1.29 is 0 Å². The maximum absolute atomic E-state index is 4.77. The first-order chi connectivity index (χ1) is 25.8. The monoisotopic (exact) mass is 659 g/mol. The van der Waals surface area contributed by atoms with E-state index in [9.17, 15) is 0 Å². The summed E-state index contributed by atoms with van der Waals surface area (Å²) < 4.78 is 0. The summed E-state index contributed by atoms with van der Waals surface area (Å²) in [5.41, 5.74) is 11.7. The minimum absolute atomic E-state index is 0.981. The summed E-state index contributed by atoms with van der Waals surface area (Å²) in [4.78, 5) is 4.77. The van der Waals surface area contributed by atoms with Crippen LogP contribution in [0.25, 0.3) is 98.9 Å². The topological polar surface area (TPSA) is 12.9 Å². The van der Waals surface area contributed by atoms with Gasteiger partial charge in [-0.1, -0.05) is 170 Å². The maximum atomic E-state index is 4.77. The van der Waals surface area contributed by atoms with Crippen LogP contribution in [0.1, 0.15) is 0 Å². The SMILES string of the molecule is c1ccc(-c2ccc(-c3ccc(-c4ccc5c(-c6ccc7ccccc7c6)c6ccccc6c(-c6ccc7ccccc7c6)c5c4)cc3)cn2)cc1. The molecule has 10 rings (SSSR count). The molecule has 0 bridgehead atoms. The molecule has 0 unspecified atom stereocenters. The van der Waals surface area contributed by atoms with Gasteiger partial charge in [-0.25, -0.2) is 0 Å². The van der Waals surface area contributed by atoms with E-state index in [-0.39, 0.29) is 0 Å². The number of nitrogens with zero attached hydrogens (tertiary/aromatic N) is 1. The van der Waals surface area contributed by atoms with Crippen molar-refractivity contribution in [1.29, 1.82) is 0 Å². The molecule has 1 heterocycles. The van der Waals surface area contributed by atoms with E-state index >= 15 is 0 Å². The van der Waals surface area contributed by atoms with Crippen LogP contribution in [0.15, 0.2) is 200 Å². The first kappa shape index (κ1) is 30.0. The number of rotatable bonds is 5. The first-order valence-electron chi connectivity index (χ1n) is 17.9. The number of pyridine rings is 1. The second-order valence-corrected chi connectivity index (χ2v) is 13.6. The van der Waals surface area contributed by atoms with Gasteiger partial charge in [0, 0.05) is 17.3 Å². The van der Waals surface area contributed by atoms with Gasteiger partial charge >= 0.3 is 0 Å². The highest BCUT2D eigenvalue weighted by molar-refractivity contribution is 6.22. The second-order valence-electron chi connectivity index (χ2n) is 13.6. The smallest absolute Gasteiger partial charge is 0.0702 e. The fraction of sp³-hybridized carbons (Fsp3) is 0. The highest BCUT2D eigenvalue weighted by atomic mass is 14.7. The molecule has 52 heavy (non-hydrogen) atoms. The fourth-order valence-electron chi connectivity index (χ4n) is 7.87. The molecule has 1 aromatic heterocycles. The summed E-state index contributed by atoms with van der Waals surface area (Å²) in [7, 11) is 0. The molecular formula is C51H33N. The summed E-state index contributed by atoms with van der Waals surface area (Å²) >= 11 is 0. The largest absolute Gasteiger partial charge is 0.256 e. The van der Waals surface area contributed by atoms with Gasteiger partial charge in [0.15, 0.2) is 0 Å². The van der Waals surface area contributed by atoms with Crippen molar-refractivity contribution in [2.45, 2.75) is 0 Å². The van der Waals surface area contributed by atoms with Gasteiger partial charge in [-0.05, 0) is 106 Å². The minimum atomic E-state index is 0.981. The zero-order valence-electron chi connectivity index (χ0n) is 28.5. The lowest BCUT2D eigenvalue weighted by Gasteiger charge is -2.19. The van der Waals surface area contributed by atoms with Crippen LogP contribution < -0.4 is 0 Å². The highest BCUT2D eigenvalue weighted by Crippen LogP contribution is 2.45. The molecule has 0 N–H and O–H groups in total. The minimum Gasteiger partial charge on any atom is -0.256 e. The Bertz CT molecular complexity index is 2920. The molecule has 0 aliphatic rings. The lowest BCUT2D eigenvalue weighted by Crippen LogP contribution is -1.92. The van der Waals surface area contributed by atoms with Crippen LogP contribution in [0.5, 0.6) is 0 Å². The van der Waals surface area contributed by atoms with Gasteiger partial charge in [0.2, 0.25) is 0 Å². The van der Waals surface area contributed by atoms with E-state index in [0.717, 1.165) is 22.4 Å². The standard InChI is InChI=1S/C51H33N/c1-2-12-38(13-3-1)49-29-27-44(33-52-49)37-20-18-36(19-21-37)41-26-28-47-48(32-41)51(43-25-23-35-11-5-7-15-40(35)31-43)46-17-9-8-16-45(46)50(47)42-24-22-34-10-4-6-14-39(34)30-42/h1-33H. The number of aromatic nitrogens is 1. The Morgan fingerprint density at radius 2 is 0.712 bits per heavy atom. The molecule has 0 saturated carbocycles. The number of hydrogen-bond acceptors (Lipinski definition) is 1. The molecule has 0 amide bonds. The molecule has 10 aromatic rings. The molecule has 1 heteroatoms. The average molecular weight is 660 g/mol. The van der Waals surface area contributed by atoms with Crippen molar-refractivity contribution in [1.82, 2.24) is 4.98 Å². The van der Waals surface area contributed by atoms with Gasteiger partial charge < -0.3 is 0 Å². The molecule has 1 nitrogen and oxygen atoms in total. The van der Waals surface area contributed by atoms with Crippen LogP contribution >= 0.6 is 0 Å². The molecule has 0 saturated heterocycles. The lowest BCUT2D eigenvalue weighted by molar-refractivity contribution is 1.32. The summed E-state index contributed by atoms with van der Waals surface area (Å²) in [5, 5.41) is 10.0. The van der Waals surface area contributed by atoms with Crippen LogP contribution in [0.4, 0.5) is 0 Å². The molecule has 0 atom stereocenters. The van der Waals surface area contributed by atoms with E-state index in [1.54, 1.807) is 0 Å². The number of benzene rings is 9. The van der Waals surface area contributed by atoms with E-state index < -0.39 is 0 Å². The zero-order chi connectivity index (χ0) is 34.4. The Morgan fingerprint density at radius 1 is 0.250 bits per heavy atom. The third-order valence-electron chi connectivity index (χ3n) is 10.5. The fourth-order valence-corrected chi connectivity index (χ4v) is 7.87. The lowest BCUT2D eigenvalue weighted by atomic mass is 9.84. The second kappa shape index (κ2) is 12.5. The third kappa shape index (κ3) is 5.23. The molecule has 0 radical (unpaired) electrons. The van der Waals surface area contributed by atoms with Crippen molar-refractivity contribution in [2.24, 2.45) is 0 Å². The van der Waals surface area contributed by atoms with Crippen LogP contribution in [0.2, 0.25) is 0 Å². The molecule has 0 spiro atoms. The van der Waals surface area contributed by atoms with E-state index in [0.29, 0.717) is 0 Å². The molecule has 9 aromatic carbocycles. The zero-order valence-corrected chi connectivity index (χ0v) is 28.5. The van der Waals surface area contributed by atoms with Crippen LogP contribution in [-0.4, -0.2) is 4.98 Å². The predicted molar refractivity (Wildman–Crippen MR) is 221 cm³/mol. The van der Waals surface area contributed by atoms with E-state index in [1.807, 2.05) is 24.4 Å². The Hall–Kier alpha value is -6.83. The van der Waals surface area contributed by atoms with Crippen molar-refractivity contribution in [2.75, 3.05) is 0 Å². The Kier molecular flexibility index (Phi) is 7.22. The van der Waals surface area contributed by atoms with Crippen molar-refractivity contribution in [3.05, 3.63) is 200 Å². The molecule has 0 aliphatic carbocycles. The summed E-state index contributed by atoms with van der Waals surface area (Å²) in [6, 6.07) is 70.5. The van der Waals surface area contributed by atoms with Gasteiger partial charge in [0.05, 0.1) is 5.69 Å². The predicted octanol–water partition coefficient (Wildman–Crippen LogP) is 14.0. The van der Waals surface area contributed by atoms with Crippen molar-refractivity contribution in [3.8, 4) is 55.8 Å². The van der Waals surface area contributed by atoms with Crippen molar-refractivity contribution >= 4 is 43.1 Å². The summed E-state index contributed by atoms with van der Waals surface area (Å²) in [6.07, 6.45) is 1.97. The molecular weight excluding hydrogens is 627 g/mol. The maximum Gasteiger partial charge on any atom is 0.0702 e. The Morgan fingerprint density at radius 3 is 1.31 bits per heavy atom. The van der Waals surface area contributed by atoms with Gasteiger partial charge in [0.25, 0.3) is 0 Å². The highest BCUT2D eigenvalue weighted by Gasteiger charge is 2.18. The molecule has 0 aliphatic heterocycles. The van der Waals surface area contributed by atoms with Crippen LogP contribution in [-0.2, 0) is 0 Å². The Balaban J connectivity index is 1.15. The number of fused-ring (bicyclic) bond motifs is 4. The normalized spacial score (nSPS) is 11.5. The van der Waals surface area contributed by atoms with Gasteiger partial charge in [-0.15, -0.1) is 0 Å². The van der Waals surface area contributed by atoms with Gasteiger partial charge in [0.1, 0.15) is 0 Å². The molecule has 242 valence electrons. The third-order valence-corrected chi connectivity index (χ3v) is 10.5. The van der Waals surface area contributed by atoms with E-state index in [1.165, 1.54) is 76.5 Å². The first-order valence-corrected chi connectivity index (χ1v) is 17.9. The van der Waals surface area contributed by atoms with Gasteiger partial charge in [-0.3, -0.25) is 4.98 Å². The number of hydrogen-bond donors (Lipinski definition) is 0. The van der Waals surface area contributed by atoms with Crippen LogP contribution in [0, 0.1) is 0 Å². The van der Waals surface area contributed by atoms with Crippen LogP contribution in [0.3, 0.4) is 0 Å². The Labute approximate surface area is 303 Å². The average Bonchev–Trinajstić information content (AvgIpc) is 3.22. The van der Waals surface area contributed by atoms with Crippen molar-refractivity contribution in [3.63, 3.8) is 0 Å². The quantitative estimate of drug-likeness (QED) is 0.168. The summed E-state index contributed by atoms with van der Waals surface area (Å²) in [5.74, 6) is 0. The van der Waals surface area contributed by atoms with Gasteiger partial charge in [-0.2, -0.15) is 0 Å².